The van der Waals surface area contributed by atoms with Crippen molar-refractivity contribution in [2.24, 2.45) is 0 Å². The summed E-state index contributed by atoms with van der Waals surface area (Å²) in [5, 5.41) is 0. The van der Waals surface area contributed by atoms with E-state index in [1.54, 1.807) is 7.11 Å². The predicted molar refractivity (Wildman–Crippen MR) is 81.7 cm³/mol. The monoisotopic (exact) mass is 292 g/mol. The molecule has 1 rings (SSSR count). The van der Waals surface area contributed by atoms with Gasteiger partial charge in [-0.2, -0.15) is 0 Å². The lowest BCUT2D eigenvalue weighted by Gasteiger charge is -2.15. The Morgan fingerprint density at radius 2 is 1.90 bits per heavy atom. The first-order valence-electron chi connectivity index (χ1n) is 7.23. The molecule has 0 aromatic heterocycles. The number of aryl methyl sites for hydroxylation is 1. The highest BCUT2D eigenvalue weighted by Gasteiger charge is 2.13. The molecule has 4 heteroatoms. The van der Waals surface area contributed by atoms with Crippen molar-refractivity contribution < 1.29 is 19.1 Å². The molecular weight excluding hydrogens is 268 g/mol. The largest absolute Gasteiger partial charge is 0.496 e. The van der Waals surface area contributed by atoms with Gasteiger partial charge < -0.3 is 9.47 Å². The van der Waals surface area contributed by atoms with Gasteiger partial charge in [0.15, 0.2) is 0 Å². The van der Waals surface area contributed by atoms with Gasteiger partial charge in [0.2, 0.25) is 0 Å². The van der Waals surface area contributed by atoms with Gasteiger partial charge in [0.1, 0.15) is 18.0 Å². The highest BCUT2D eigenvalue weighted by molar-refractivity contribution is 5.95. The van der Waals surface area contributed by atoms with Crippen molar-refractivity contribution in [3.63, 3.8) is 0 Å². The number of rotatable bonds is 8. The molecule has 0 spiro atoms. The number of carbonyl (C=O) groups is 2. The number of hydrogen-bond acceptors (Lipinski definition) is 4. The van der Waals surface area contributed by atoms with Gasteiger partial charge in [0.25, 0.3) is 0 Å². The molecule has 0 aliphatic carbocycles. The highest BCUT2D eigenvalue weighted by Crippen LogP contribution is 2.30. The lowest BCUT2D eigenvalue weighted by Crippen LogP contribution is -2.09. The summed E-state index contributed by atoms with van der Waals surface area (Å²) < 4.78 is 10.0. The standard InChI is InChI=1S/C17H24O4/c1-12(2)15-10-6-8-13(17(15)21-4)7-5-9-14(18)11-16(19)20-3/h6,8,10,12H,5,7,9,11H2,1-4H3. The van der Waals surface area contributed by atoms with Gasteiger partial charge in [0.05, 0.1) is 14.2 Å². The Bertz CT molecular complexity index is 492. The fourth-order valence-corrected chi connectivity index (χ4v) is 2.30. The molecule has 0 atom stereocenters. The van der Waals surface area contributed by atoms with Crippen LogP contribution in [-0.2, 0) is 20.7 Å². The topological polar surface area (TPSA) is 52.6 Å². The third-order valence-corrected chi connectivity index (χ3v) is 3.42. The van der Waals surface area contributed by atoms with E-state index in [-0.39, 0.29) is 12.2 Å². The van der Waals surface area contributed by atoms with Gasteiger partial charge >= 0.3 is 5.97 Å². The third-order valence-electron chi connectivity index (χ3n) is 3.42. The van der Waals surface area contributed by atoms with E-state index in [1.165, 1.54) is 12.7 Å². The predicted octanol–water partition coefficient (Wildman–Crippen LogP) is 3.27. The Balaban J connectivity index is 2.62. The maximum Gasteiger partial charge on any atom is 0.313 e. The summed E-state index contributed by atoms with van der Waals surface area (Å²) in [7, 11) is 2.96. The molecule has 116 valence electrons. The van der Waals surface area contributed by atoms with Crippen molar-refractivity contribution in [2.45, 2.75) is 45.4 Å². The van der Waals surface area contributed by atoms with E-state index in [0.717, 1.165) is 17.7 Å². The normalized spacial score (nSPS) is 10.5. The minimum Gasteiger partial charge on any atom is -0.496 e. The fourth-order valence-electron chi connectivity index (χ4n) is 2.30. The minimum absolute atomic E-state index is 0.0826. The van der Waals surface area contributed by atoms with E-state index in [4.69, 9.17) is 4.74 Å². The second-order valence-electron chi connectivity index (χ2n) is 5.34. The third kappa shape index (κ3) is 5.21. The van der Waals surface area contributed by atoms with Gasteiger partial charge in [-0.25, -0.2) is 0 Å². The molecule has 0 aliphatic heterocycles. The minimum atomic E-state index is -0.473. The van der Waals surface area contributed by atoms with Crippen LogP contribution in [0.1, 0.15) is 50.2 Å². The van der Waals surface area contributed by atoms with Crippen LogP contribution in [-0.4, -0.2) is 26.0 Å². The maximum atomic E-state index is 11.6. The molecule has 0 heterocycles. The summed E-state index contributed by atoms with van der Waals surface area (Å²) in [6, 6.07) is 6.11. The molecule has 21 heavy (non-hydrogen) atoms. The lowest BCUT2D eigenvalue weighted by atomic mass is 9.96. The first kappa shape index (κ1) is 17.2. The van der Waals surface area contributed by atoms with Crippen LogP contribution < -0.4 is 4.74 Å². The van der Waals surface area contributed by atoms with Gasteiger partial charge in [-0.3, -0.25) is 9.59 Å². The van der Waals surface area contributed by atoms with Crippen LogP contribution in [0, 0.1) is 0 Å². The molecule has 1 aromatic carbocycles. The molecule has 0 N–H and O–H groups in total. The molecule has 0 fully saturated rings. The molecule has 0 amide bonds. The summed E-state index contributed by atoms with van der Waals surface area (Å²) in [5.74, 6) is 0.744. The van der Waals surface area contributed by atoms with Crippen LogP contribution in [0.5, 0.6) is 5.75 Å². The van der Waals surface area contributed by atoms with Crippen LogP contribution >= 0.6 is 0 Å². The number of methoxy groups -OCH3 is 2. The van der Waals surface area contributed by atoms with E-state index in [0.29, 0.717) is 18.8 Å². The number of ketones is 1. The van der Waals surface area contributed by atoms with Crippen LogP contribution in [0.15, 0.2) is 18.2 Å². The van der Waals surface area contributed by atoms with Gasteiger partial charge in [-0.1, -0.05) is 32.0 Å². The zero-order valence-corrected chi connectivity index (χ0v) is 13.3. The van der Waals surface area contributed by atoms with E-state index < -0.39 is 5.97 Å². The summed E-state index contributed by atoms with van der Waals surface area (Å²) in [4.78, 5) is 22.6. The number of Topliss-reactive ketones (excluding diaryl/α,β-unsaturated/α-hetero) is 1. The molecule has 1 aromatic rings. The van der Waals surface area contributed by atoms with Crippen molar-refractivity contribution in [1.29, 1.82) is 0 Å². The number of esters is 1. The molecular formula is C17H24O4. The zero-order valence-electron chi connectivity index (χ0n) is 13.3. The number of hydrogen-bond donors (Lipinski definition) is 0. The van der Waals surface area contributed by atoms with Crippen LogP contribution in [0.3, 0.4) is 0 Å². The van der Waals surface area contributed by atoms with Crippen LogP contribution in [0.4, 0.5) is 0 Å². The first-order chi connectivity index (χ1) is 9.99. The average Bonchev–Trinajstić information content (AvgIpc) is 2.46. The second kappa shape index (κ2) is 8.45. The summed E-state index contributed by atoms with van der Waals surface area (Å²) in [6.07, 6.45) is 1.70. The molecule has 0 radical (unpaired) electrons. The van der Waals surface area contributed by atoms with E-state index in [9.17, 15) is 9.59 Å². The summed E-state index contributed by atoms with van der Waals surface area (Å²) in [6.45, 7) is 4.25. The SMILES string of the molecule is COC(=O)CC(=O)CCCc1cccc(C(C)C)c1OC. The Labute approximate surface area is 126 Å². The molecule has 0 aliphatic rings. The lowest BCUT2D eigenvalue weighted by molar-refractivity contribution is -0.143. The first-order valence-corrected chi connectivity index (χ1v) is 7.23. The number of carbonyl (C=O) groups excluding carboxylic acids is 2. The quantitative estimate of drug-likeness (QED) is 0.545. The van der Waals surface area contributed by atoms with E-state index in [2.05, 4.69) is 24.7 Å². The van der Waals surface area contributed by atoms with Gasteiger partial charge in [0, 0.05) is 6.42 Å². The Hall–Kier alpha value is -1.84. The van der Waals surface area contributed by atoms with Crippen LogP contribution in [0.2, 0.25) is 0 Å². The van der Waals surface area contributed by atoms with Gasteiger partial charge in [-0.15, -0.1) is 0 Å². The number of ether oxygens (including phenoxy) is 2. The molecule has 0 unspecified atom stereocenters. The van der Waals surface area contributed by atoms with E-state index in [1.807, 2.05) is 12.1 Å². The van der Waals surface area contributed by atoms with Crippen molar-refractivity contribution >= 4 is 11.8 Å². The van der Waals surface area contributed by atoms with Crippen molar-refractivity contribution in [3.8, 4) is 5.75 Å². The molecule has 0 bridgehead atoms. The smallest absolute Gasteiger partial charge is 0.313 e. The summed E-state index contributed by atoms with van der Waals surface area (Å²) in [5.41, 5.74) is 2.28. The van der Waals surface area contributed by atoms with Crippen LogP contribution in [0.25, 0.3) is 0 Å². The Morgan fingerprint density at radius 3 is 2.48 bits per heavy atom. The maximum absolute atomic E-state index is 11.6. The number of para-hydroxylation sites is 1. The summed E-state index contributed by atoms with van der Waals surface area (Å²) >= 11 is 0. The number of benzene rings is 1. The molecule has 4 nitrogen and oxygen atoms in total. The average molecular weight is 292 g/mol. The van der Waals surface area contributed by atoms with Crippen molar-refractivity contribution in [3.05, 3.63) is 29.3 Å². The molecule has 0 saturated carbocycles. The molecule has 0 saturated heterocycles. The van der Waals surface area contributed by atoms with Gasteiger partial charge in [-0.05, 0) is 29.9 Å². The van der Waals surface area contributed by atoms with Crippen molar-refractivity contribution in [2.75, 3.05) is 14.2 Å². The highest BCUT2D eigenvalue weighted by atomic mass is 16.5. The fraction of sp³-hybridized carbons (Fsp3) is 0.529. The second-order valence-corrected chi connectivity index (χ2v) is 5.34. The Kier molecular flexibility index (Phi) is 6.92. The van der Waals surface area contributed by atoms with Crippen molar-refractivity contribution in [1.82, 2.24) is 0 Å². The zero-order chi connectivity index (χ0) is 15.8. The van der Waals surface area contributed by atoms with E-state index >= 15 is 0 Å². The Morgan fingerprint density at radius 1 is 1.19 bits per heavy atom.